The lowest BCUT2D eigenvalue weighted by atomic mass is 10.2. The Hall–Kier alpha value is -4.09. The number of pyridine rings is 1. The zero-order valence-corrected chi connectivity index (χ0v) is 18.7. The fourth-order valence-corrected chi connectivity index (χ4v) is 3.78. The minimum absolute atomic E-state index is 0.101. The molecule has 4 aromatic heterocycles. The van der Waals surface area contributed by atoms with Gasteiger partial charge in [0.05, 0.1) is 0 Å². The van der Waals surface area contributed by atoms with Crippen LogP contribution in [0.15, 0.2) is 48.1 Å². The highest BCUT2D eigenvalue weighted by Gasteiger charge is 2.17. The predicted octanol–water partition coefficient (Wildman–Crippen LogP) is 1.20. The molecular formula is C22H25N7O5. The Kier molecular flexibility index (Phi) is 6.95. The van der Waals surface area contributed by atoms with Crippen molar-refractivity contribution in [2.75, 3.05) is 0 Å². The van der Waals surface area contributed by atoms with Crippen molar-refractivity contribution in [3.63, 3.8) is 0 Å². The number of unbranched alkanes of at least 4 members (excludes halogenated alkanes) is 3. The summed E-state index contributed by atoms with van der Waals surface area (Å²) in [6.07, 6.45) is 5.65. The van der Waals surface area contributed by atoms with Crippen molar-refractivity contribution in [2.45, 2.75) is 58.5 Å². The Morgan fingerprint density at radius 1 is 0.971 bits per heavy atom. The van der Waals surface area contributed by atoms with Crippen LogP contribution in [0.2, 0.25) is 0 Å². The molecule has 0 unspecified atom stereocenters. The molecule has 0 bridgehead atoms. The van der Waals surface area contributed by atoms with Crippen molar-refractivity contribution in [3.8, 4) is 11.6 Å². The van der Waals surface area contributed by atoms with Gasteiger partial charge in [0.1, 0.15) is 16.7 Å². The van der Waals surface area contributed by atoms with E-state index < -0.39 is 22.5 Å². The SMILES string of the molecule is CCCCCn1c(=O)n(CCCCc2noc(-c3ccccn3)n2)c(=O)c2[nH]c(=O)[nH]c(=O)c21. The number of nitrogens with zero attached hydrogens (tertiary/aromatic N) is 5. The van der Waals surface area contributed by atoms with Gasteiger partial charge in [0.25, 0.3) is 17.0 Å². The average molecular weight is 467 g/mol. The molecule has 4 heterocycles. The van der Waals surface area contributed by atoms with Gasteiger partial charge in [0.2, 0.25) is 0 Å². The number of aromatic nitrogens is 7. The van der Waals surface area contributed by atoms with Crippen LogP contribution in [0.5, 0.6) is 0 Å². The fourth-order valence-electron chi connectivity index (χ4n) is 3.78. The number of fused-ring (bicyclic) bond motifs is 1. The number of nitrogens with one attached hydrogen (secondary N) is 2. The van der Waals surface area contributed by atoms with Gasteiger partial charge in [0.15, 0.2) is 5.82 Å². The van der Waals surface area contributed by atoms with Gasteiger partial charge in [-0.25, -0.2) is 9.59 Å². The third-order valence-corrected chi connectivity index (χ3v) is 5.48. The van der Waals surface area contributed by atoms with Crippen LogP contribution >= 0.6 is 0 Å². The molecule has 0 fully saturated rings. The number of H-pyrrole nitrogens is 2. The van der Waals surface area contributed by atoms with Crippen LogP contribution in [-0.2, 0) is 19.5 Å². The summed E-state index contributed by atoms with van der Waals surface area (Å²) in [6, 6.07) is 5.38. The lowest BCUT2D eigenvalue weighted by Gasteiger charge is -2.13. The number of aryl methyl sites for hydroxylation is 2. The van der Waals surface area contributed by atoms with E-state index in [-0.39, 0.29) is 24.1 Å². The van der Waals surface area contributed by atoms with E-state index in [0.717, 1.165) is 17.4 Å². The summed E-state index contributed by atoms with van der Waals surface area (Å²) < 4.78 is 7.58. The molecule has 0 aliphatic heterocycles. The van der Waals surface area contributed by atoms with E-state index >= 15 is 0 Å². The quantitative estimate of drug-likeness (QED) is 0.329. The molecule has 12 heteroatoms. The van der Waals surface area contributed by atoms with Crippen LogP contribution in [0.4, 0.5) is 0 Å². The molecule has 2 N–H and O–H groups in total. The second-order valence-corrected chi connectivity index (χ2v) is 7.92. The summed E-state index contributed by atoms with van der Waals surface area (Å²) in [6.45, 7) is 2.42. The summed E-state index contributed by atoms with van der Waals surface area (Å²) in [5, 5.41) is 3.95. The topological polar surface area (TPSA) is 162 Å². The molecule has 0 aromatic carbocycles. The van der Waals surface area contributed by atoms with Crippen molar-refractivity contribution < 1.29 is 4.52 Å². The Morgan fingerprint density at radius 3 is 2.53 bits per heavy atom. The highest BCUT2D eigenvalue weighted by molar-refractivity contribution is 5.71. The molecule has 0 amide bonds. The number of rotatable bonds is 10. The molecule has 0 saturated carbocycles. The van der Waals surface area contributed by atoms with Crippen LogP contribution in [-0.4, -0.2) is 34.2 Å². The predicted molar refractivity (Wildman–Crippen MR) is 124 cm³/mol. The van der Waals surface area contributed by atoms with Gasteiger partial charge in [-0.2, -0.15) is 4.98 Å². The van der Waals surface area contributed by atoms with Gasteiger partial charge in [-0.05, 0) is 31.4 Å². The number of hydrogen-bond acceptors (Lipinski definition) is 8. The van der Waals surface area contributed by atoms with Crippen molar-refractivity contribution in [2.24, 2.45) is 0 Å². The molecule has 0 atom stereocenters. The van der Waals surface area contributed by atoms with Gasteiger partial charge < -0.3 is 9.51 Å². The van der Waals surface area contributed by atoms with E-state index in [4.69, 9.17) is 4.52 Å². The monoisotopic (exact) mass is 467 g/mol. The normalized spacial score (nSPS) is 11.3. The zero-order valence-electron chi connectivity index (χ0n) is 18.7. The Morgan fingerprint density at radius 2 is 1.76 bits per heavy atom. The van der Waals surface area contributed by atoms with E-state index in [9.17, 15) is 19.2 Å². The van der Waals surface area contributed by atoms with Crippen LogP contribution < -0.4 is 22.5 Å². The summed E-state index contributed by atoms with van der Waals surface area (Å²) in [5.74, 6) is 0.824. The van der Waals surface area contributed by atoms with Gasteiger partial charge in [-0.15, -0.1) is 0 Å². The highest BCUT2D eigenvalue weighted by Crippen LogP contribution is 2.14. The summed E-state index contributed by atoms with van der Waals surface area (Å²) in [5.41, 5.74) is -2.48. The smallest absolute Gasteiger partial charge is 0.331 e. The maximum Gasteiger partial charge on any atom is 0.331 e. The Bertz CT molecular complexity index is 1510. The van der Waals surface area contributed by atoms with E-state index in [1.165, 1.54) is 4.57 Å². The molecule has 0 radical (unpaired) electrons. The zero-order chi connectivity index (χ0) is 24.1. The molecule has 4 aromatic rings. The third kappa shape index (κ3) is 4.80. The van der Waals surface area contributed by atoms with Gasteiger partial charge in [-0.3, -0.25) is 28.7 Å². The summed E-state index contributed by atoms with van der Waals surface area (Å²) in [4.78, 5) is 63.2. The Labute approximate surface area is 192 Å². The molecule has 34 heavy (non-hydrogen) atoms. The molecular weight excluding hydrogens is 442 g/mol. The van der Waals surface area contributed by atoms with Crippen molar-refractivity contribution in [1.29, 1.82) is 0 Å². The van der Waals surface area contributed by atoms with E-state index in [2.05, 4.69) is 25.1 Å². The standard InChI is InChI=1S/C22H25N7O5/c1-2-3-7-12-28-17-16(25-21(32)26-18(17)30)20(31)29(22(28)33)13-8-5-10-15-24-19(34-27-15)14-9-4-6-11-23-14/h4,6,9,11H,2-3,5,7-8,10,12-13H2,1H3,(H2,25,26,30,32). The molecule has 0 aliphatic carbocycles. The highest BCUT2D eigenvalue weighted by atomic mass is 16.5. The van der Waals surface area contributed by atoms with Crippen LogP contribution in [0.1, 0.15) is 44.9 Å². The van der Waals surface area contributed by atoms with Gasteiger partial charge in [-0.1, -0.05) is 31.0 Å². The second-order valence-electron chi connectivity index (χ2n) is 7.92. The van der Waals surface area contributed by atoms with Gasteiger partial charge >= 0.3 is 11.4 Å². The summed E-state index contributed by atoms with van der Waals surface area (Å²) in [7, 11) is 0. The van der Waals surface area contributed by atoms with Crippen LogP contribution in [0, 0.1) is 0 Å². The molecule has 0 aliphatic rings. The van der Waals surface area contributed by atoms with Crippen molar-refractivity contribution >= 4 is 11.0 Å². The first kappa shape index (κ1) is 23.1. The van der Waals surface area contributed by atoms with Crippen molar-refractivity contribution in [3.05, 3.63) is 71.9 Å². The fraction of sp³-hybridized carbons (Fsp3) is 0.409. The minimum Gasteiger partial charge on any atom is -0.332 e. The maximum atomic E-state index is 13.1. The lowest BCUT2D eigenvalue weighted by Crippen LogP contribution is -2.43. The Balaban J connectivity index is 1.53. The molecule has 0 saturated heterocycles. The van der Waals surface area contributed by atoms with Crippen LogP contribution in [0.3, 0.4) is 0 Å². The molecule has 12 nitrogen and oxygen atoms in total. The third-order valence-electron chi connectivity index (χ3n) is 5.48. The lowest BCUT2D eigenvalue weighted by molar-refractivity contribution is 0.419. The first-order valence-corrected chi connectivity index (χ1v) is 11.2. The van der Waals surface area contributed by atoms with Crippen molar-refractivity contribution in [1.82, 2.24) is 34.2 Å². The maximum absolute atomic E-state index is 13.1. The summed E-state index contributed by atoms with van der Waals surface area (Å²) >= 11 is 0. The number of hydrogen-bond donors (Lipinski definition) is 2. The number of aromatic amines is 2. The first-order valence-electron chi connectivity index (χ1n) is 11.2. The van der Waals surface area contributed by atoms with E-state index in [1.54, 1.807) is 18.3 Å². The van der Waals surface area contributed by atoms with E-state index in [0.29, 0.717) is 43.1 Å². The minimum atomic E-state index is -0.791. The van der Waals surface area contributed by atoms with Crippen LogP contribution in [0.25, 0.3) is 22.6 Å². The largest absolute Gasteiger partial charge is 0.332 e. The molecule has 4 rings (SSSR count). The average Bonchev–Trinajstić information content (AvgIpc) is 3.30. The first-order chi connectivity index (χ1) is 16.5. The van der Waals surface area contributed by atoms with E-state index in [1.807, 2.05) is 13.0 Å². The second kappa shape index (κ2) is 10.2. The molecule has 178 valence electrons. The van der Waals surface area contributed by atoms with Gasteiger partial charge in [0, 0.05) is 25.7 Å². The molecule has 0 spiro atoms.